The second-order valence-corrected chi connectivity index (χ2v) is 3.58. The summed E-state index contributed by atoms with van der Waals surface area (Å²) in [5, 5.41) is 17.6. The van der Waals surface area contributed by atoms with Gasteiger partial charge in [0.25, 0.3) is 0 Å². The van der Waals surface area contributed by atoms with Crippen LogP contribution >= 0.6 is 0 Å². The maximum absolute atomic E-state index is 8.81. The van der Waals surface area contributed by atoms with E-state index in [1.807, 2.05) is 55.5 Å². The Kier molecular flexibility index (Phi) is 5.22. The van der Waals surface area contributed by atoms with Crippen molar-refractivity contribution in [1.82, 2.24) is 0 Å². The predicted molar refractivity (Wildman–Crippen MR) is 70.6 cm³/mol. The standard InChI is InChI=1S/C15H14N2O/c1-3-13(14(10-16)11-17)7-4-12-5-8-15(18-2)9-6-12/h4-9H,3H2,1-2H3/b7-4+. The van der Waals surface area contributed by atoms with Crippen LogP contribution in [0.25, 0.3) is 6.08 Å². The molecule has 0 aliphatic heterocycles. The van der Waals surface area contributed by atoms with Gasteiger partial charge in [-0.05, 0) is 29.7 Å². The van der Waals surface area contributed by atoms with Gasteiger partial charge in [0, 0.05) is 0 Å². The Morgan fingerprint density at radius 1 is 1.22 bits per heavy atom. The second-order valence-electron chi connectivity index (χ2n) is 3.58. The summed E-state index contributed by atoms with van der Waals surface area (Å²) in [4.78, 5) is 0. The number of benzene rings is 1. The SMILES string of the molecule is CCC(/C=C/c1ccc(OC)cc1)=C(C#N)C#N. The first kappa shape index (κ1) is 13.5. The van der Waals surface area contributed by atoms with Gasteiger partial charge in [0.05, 0.1) is 7.11 Å². The van der Waals surface area contributed by atoms with E-state index < -0.39 is 0 Å². The number of hydrogen-bond donors (Lipinski definition) is 0. The maximum atomic E-state index is 8.81. The Labute approximate surface area is 107 Å². The van der Waals surface area contributed by atoms with Crippen LogP contribution in [0, 0.1) is 22.7 Å². The third kappa shape index (κ3) is 3.50. The summed E-state index contributed by atoms with van der Waals surface area (Å²) in [6, 6.07) is 11.4. The number of nitriles is 2. The highest BCUT2D eigenvalue weighted by atomic mass is 16.5. The Hall–Kier alpha value is -2.52. The molecule has 1 aromatic carbocycles. The normalized spacial score (nSPS) is 9.56. The van der Waals surface area contributed by atoms with Crippen molar-refractivity contribution in [2.45, 2.75) is 13.3 Å². The molecule has 0 aliphatic rings. The molecule has 0 saturated heterocycles. The summed E-state index contributed by atoms with van der Waals surface area (Å²) in [6.45, 7) is 1.92. The molecule has 90 valence electrons. The van der Waals surface area contributed by atoms with Crippen LogP contribution in [0.5, 0.6) is 5.75 Å². The Morgan fingerprint density at radius 3 is 2.28 bits per heavy atom. The van der Waals surface area contributed by atoms with Gasteiger partial charge in [-0.25, -0.2) is 0 Å². The third-order valence-electron chi connectivity index (χ3n) is 2.52. The maximum Gasteiger partial charge on any atom is 0.132 e. The molecule has 0 saturated carbocycles. The van der Waals surface area contributed by atoms with E-state index in [-0.39, 0.29) is 5.57 Å². The number of methoxy groups -OCH3 is 1. The van der Waals surface area contributed by atoms with E-state index in [1.165, 1.54) is 0 Å². The van der Waals surface area contributed by atoms with Gasteiger partial charge in [0.15, 0.2) is 0 Å². The zero-order chi connectivity index (χ0) is 13.4. The molecule has 0 unspecified atom stereocenters. The van der Waals surface area contributed by atoms with E-state index in [2.05, 4.69) is 0 Å². The molecule has 0 amide bonds. The number of hydrogen-bond acceptors (Lipinski definition) is 3. The molecule has 1 rings (SSSR count). The van der Waals surface area contributed by atoms with Gasteiger partial charge in [-0.2, -0.15) is 10.5 Å². The zero-order valence-corrected chi connectivity index (χ0v) is 10.5. The van der Waals surface area contributed by atoms with Crippen LogP contribution in [-0.4, -0.2) is 7.11 Å². The molecule has 0 heterocycles. The molecule has 18 heavy (non-hydrogen) atoms. The summed E-state index contributed by atoms with van der Waals surface area (Å²) >= 11 is 0. The van der Waals surface area contributed by atoms with Crippen molar-refractivity contribution in [2.24, 2.45) is 0 Å². The molecule has 0 N–H and O–H groups in total. The van der Waals surface area contributed by atoms with Crippen LogP contribution in [0.2, 0.25) is 0 Å². The van der Waals surface area contributed by atoms with E-state index in [0.29, 0.717) is 6.42 Å². The van der Waals surface area contributed by atoms with Gasteiger partial charge in [0.2, 0.25) is 0 Å². The van der Waals surface area contributed by atoms with Crippen molar-refractivity contribution in [3.05, 3.63) is 47.1 Å². The van der Waals surface area contributed by atoms with Gasteiger partial charge in [-0.1, -0.05) is 31.2 Å². The molecule has 0 bridgehead atoms. The fraction of sp³-hybridized carbons (Fsp3) is 0.200. The van der Waals surface area contributed by atoms with Crippen LogP contribution in [0.4, 0.5) is 0 Å². The minimum Gasteiger partial charge on any atom is -0.497 e. The summed E-state index contributed by atoms with van der Waals surface area (Å²) < 4.78 is 5.07. The van der Waals surface area contributed by atoms with Crippen molar-refractivity contribution in [3.8, 4) is 17.9 Å². The van der Waals surface area contributed by atoms with Crippen molar-refractivity contribution in [1.29, 1.82) is 10.5 Å². The first-order chi connectivity index (χ1) is 8.74. The summed E-state index contributed by atoms with van der Waals surface area (Å²) in [6.07, 6.45) is 4.35. The number of nitrogens with zero attached hydrogens (tertiary/aromatic N) is 2. The molecule has 1 aromatic rings. The van der Waals surface area contributed by atoms with E-state index in [9.17, 15) is 0 Å². The Balaban J connectivity index is 2.95. The lowest BCUT2D eigenvalue weighted by Crippen LogP contribution is -1.84. The molecule has 0 fully saturated rings. The molecule has 0 atom stereocenters. The molecule has 3 nitrogen and oxygen atoms in total. The third-order valence-corrected chi connectivity index (χ3v) is 2.52. The zero-order valence-electron chi connectivity index (χ0n) is 10.5. The fourth-order valence-corrected chi connectivity index (χ4v) is 1.46. The van der Waals surface area contributed by atoms with Crippen molar-refractivity contribution in [3.63, 3.8) is 0 Å². The van der Waals surface area contributed by atoms with Crippen molar-refractivity contribution >= 4 is 6.08 Å². The average Bonchev–Trinajstić information content (AvgIpc) is 2.44. The topological polar surface area (TPSA) is 56.8 Å². The highest BCUT2D eigenvalue weighted by molar-refractivity contribution is 5.57. The predicted octanol–water partition coefficient (Wildman–Crippen LogP) is 3.46. The lowest BCUT2D eigenvalue weighted by Gasteiger charge is -2.00. The molecular weight excluding hydrogens is 224 g/mol. The minimum atomic E-state index is 0.169. The van der Waals surface area contributed by atoms with Crippen LogP contribution in [0.3, 0.4) is 0 Å². The summed E-state index contributed by atoms with van der Waals surface area (Å²) in [7, 11) is 1.62. The summed E-state index contributed by atoms with van der Waals surface area (Å²) in [5.74, 6) is 0.799. The average molecular weight is 238 g/mol. The van der Waals surface area contributed by atoms with Crippen molar-refractivity contribution < 1.29 is 4.74 Å². The van der Waals surface area contributed by atoms with Gasteiger partial charge in [-0.15, -0.1) is 0 Å². The highest BCUT2D eigenvalue weighted by Gasteiger charge is 2.00. The largest absolute Gasteiger partial charge is 0.497 e. The smallest absolute Gasteiger partial charge is 0.132 e. The van der Waals surface area contributed by atoms with Crippen LogP contribution < -0.4 is 4.74 Å². The summed E-state index contributed by atoms with van der Waals surface area (Å²) in [5.41, 5.74) is 1.91. The van der Waals surface area contributed by atoms with Gasteiger partial charge >= 0.3 is 0 Å². The number of ether oxygens (including phenoxy) is 1. The van der Waals surface area contributed by atoms with E-state index in [1.54, 1.807) is 7.11 Å². The number of allylic oxidation sites excluding steroid dienone is 3. The molecule has 0 aliphatic carbocycles. The second kappa shape index (κ2) is 6.93. The molecule has 0 aromatic heterocycles. The van der Waals surface area contributed by atoms with Crippen LogP contribution in [0.15, 0.2) is 41.5 Å². The minimum absolute atomic E-state index is 0.169. The fourth-order valence-electron chi connectivity index (χ4n) is 1.46. The Bertz CT molecular complexity index is 523. The first-order valence-corrected chi connectivity index (χ1v) is 5.60. The molecule has 0 radical (unpaired) electrons. The van der Waals surface area contributed by atoms with Gasteiger partial charge < -0.3 is 4.74 Å². The van der Waals surface area contributed by atoms with E-state index in [4.69, 9.17) is 15.3 Å². The van der Waals surface area contributed by atoms with E-state index >= 15 is 0 Å². The highest BCUT2D eigenvalue weighted by Crippen LogP contribution is 2.15. The molecule has 3 heteroatoms. The molecule has 0 spiro atoms. The van der Waals surface area contributed by atoms with Gasteiger partial charge in [0.1, 0.15) is 23.5 Å². The van der Waals surface area contributed by atoms with E-state index in [0.717, 1.165) is 16.9 Å². The van der Waals surface area contributed by atoms with Crippen molar-refractivity contribution in [2.75, 3.05) is 7.11 Å². The lowest BCUT2D eigenvalue weighted by molar-refractivity contribution is 0.415. The van der Waals surface area contributed by atoms with Gasteiger partial charge in [-0.3, -0.25) is 0 Å². The van der Waals surface area contributed by atoms with Crippen LogP contribution in [-0.2, 0) is 0 Å². The Morgan fingerprint density at radius 2 is 1.83 bits per heavy atom. The first-order valence-electron chi connectivity index (χ1n) is 5.60. The monoisotopic (exact) mass is 238 g/mol. The molecular formula is C15H14N2O. The van der Waals surface area contributed by atoms with Crippen LogP contribution in [0.1, 0.15) is 18.9 Å². The number of rotatable bonds is 4. The quantitative estimate of drug-likeness (QED) is 0.596. The lowest BCUT2D eigenvalue weighted by atomic mass is 10.1.